The highest BCUT2D eigenvalue weighted by molar-refractivity contribution is 5.81. The molecule has 0 heterocycles. The summed E-state index contributed by atoms with van der Waals surface area (Å²) >= 11 is 0. The van der Waals surface area contributed by atoms with Crippen molar-refractivity contribution in [3.8, 4) is 11.5 Å². The molecule has 1 aromatic rings. The fourth-order valence-corrected chi connectivity index (χ4v) is 1.78. The Morgan fingerprint density at radius 1 is 1.19 bits per heavy atom. The van der Waals surface area contributed by atoms with Crippen molar-refractivity contribution in [2.75, 3.05) is 26.9 Å². The Hall–Kier alpha value is -1.75. The normalized spacial score (nSPS) is 11.8. The summed E-state index contributed by atoms with van der Waals surface area (Å²) < 4.78 is 16.0. The summed E-state index contributed by atoms with van der Waals surface area (Å²) in [5.74, 6) is 1.33. The minimum Gasteiger partial charge on any atom is -0.497 e. The summed E-state index contributed by atoms with van der Waals surface area (Å²) in [5, 5.41) is 2.87. The van der Waals surface area contributed by atoms with E-state index < -0.39 is 6.10 Å². The third-order valence-electron chi connectivity index (χ3n) is 2.97. The number of amides is 1. The number of hydrogen-bond donors (Lipinski definition) is 1. The van der Waals surface area contributed by atoms with Crippen LogP contribution < -0.4 is 14.8 Å². The van der Waals surface area contributed by atoms with Gasteiger partial charge in [-0.05, 0) is 44.0 Å². The van der Waals surface area contributed by atoms with Gasteiger partial charge in [-0.1, -0.05) is 6.92 Å². The van der Waals surface area contributed by atoms with Gasteiger partial charge in [0.15, 0.2) is 6.10 Å². The summed E-state index contributed by atoms with van der Waals surface area (Å²) in [6.45, 7) is 5.84. The fraction of sp³-hybridized carbons (Fsp3) is 0.562. The van der Waals surface area contributed by atoms with Gasteiger partial charge in [0.25, 0.3) is 5.91 Å². The third-order valence-corrected chi connectivity index (χ3v) is 2.97. The Morgan fingerprint density at radius 3 is 2.43 bits per heavy atom. The number of benzene rings is 1. The second-order valence-corrected chi connectivity index (χ2v) is 4.53. The summed E-state index contributed by atoms with van der Waals surface area (Å²) in [6.07, 6.45) is 0.937. The average molecular weight is 295 g/mol. The zero-order valence-electron chi connectivity index (χ0n) is 13.1. The molecular weight excluding hydrogens is 270 g/mol. The van der Waals surface area contributed by atoms with Gasteiger partial charge in [-0.15, -0.1) is 0 Å². The summed E-state index contributed by atoms with van der Waals surface area (Å²) in [6, 6.07) is 7.21. The van der Waals surface area contributed by atoms with E-state index in [1.54, 1.807) is 19.2 Å². The predicted molar refractivity (Wildman–Crippen MR) is 81.8 cm³/mol. The van der Waals surface area contributed by atoms with Gasteiger partial charge in [-0.25, -0.2) is 0 Å². The lowest BCUT2D eigenvalue weighted by Crippen LogP contribution is -2.38. The van der Waals surface area contributed by atoms with Gasteiger partial charge in [-0.2, -0.15) is 0 Å². The molecule has 21 heavy (non-hydrogen) atoms. The molecule has 0 aromatic heterocycles. The number of hydrogen-bond acceptors (Lipinski definition) is 4. The lowest BCUT2D eigenvalue weighted by atomic mass is 10.2. The predicted octanol–water partition coefficient (Wildman–Crippen LogP) is 2.40. The molecule has 5 heteroatoms. The highest BCUT2D eigenvalue weighted by Crippen LogP contribution is 2.18. The van der Waals surface area contributed by atoms with Crippen LogP contribution in [0.1, 0.15) is 26.7 Å². The first kappa shape index (κ1) is 17.3. The van der Waals surface area contributed by atoms with Crippen molar-refractivity contribution in [2.45, 2.75) is 32.8 Å². The Bertz CT molecular complexity index is 405. The van der Waals surface area contributed by atoms with Crippen LogP contribution in [0.15, 0.2) is 24.3 Å². The van der Waals surface area contributed by atoms with Gasteiger partial charge in [0.05, 0.1) is 7.11 Å². The number of methoxy groups -OCH3 is 1. The van der Waals surface area contributed by atoms with Gasteiger partial charge in [0.2, 0.25) is 0 Å². The largest absolute Gasteiger partial charge is 0.497 e. The van der Waals surface area contributed by atoms with Crippen LogP contribution in [0, 0.1) is 0 Å². The summed E-state index contributed by atoms with van der Waals surface area (Å²) in [5.41, 5.74) is 0. The fourth-order valence-electron chi connectivity index (χ4n) is 1.78. The molecule has 0 aliphatic rings. The second-order valence-electron chi connectivity index (χ2n) is 4.53. The first-order chi connectivity index (χ1) is 10.2. The minimum atomic E-state index is -0.481. The molecule has 1 N–H and O–H groups in total. The highest BCUT2D eigenvalue weighted by atomic mass is 16.5. The molecule has 1 rings (SSSR count). The monoisotopic (exact) mass is 295 g/mol. The van der Waals surface area contributed by atoms with Crippen LogP contribution in [-0.4, -0.2) is 38.9 Å². The van der Waals surface area contributed by atoms with E-state index in [-0.39, 0.29) is 5.91 Å². The lowest BCUT2D eigenvalue weighted by Gasteiger charge is -2.17. The van der Waals surface area contributed by atoms with E-state index >= 15 is 0 Å². The minimum absolute atomic E-state index is 0.0928. The van der Waals surface area contributed by atoms with Crippen molar-refractivity contribution in [3.05, 3.63) is 24.3 Å². The maximum absolute atomic E-state index is 12.0. The zero-order chi connectivity index (χ0) is 15.5. The molecule has 0 aliphatic heterocycles. The first-order valence-electron chi connectivity index (χ1n) is 7.37. The van der Waals surface area contributed by atoms with E-state index in [1.807, 2.05) is 26.0 Å². The van der Waals surface area contributed by atoms with Crippen molar-refractivity contribution in [1.82, 2.24) is 5.32 Å². The zero-order valence-corrected chi connectivity index (χ0v) is 13.1. The third kappa shape index (κ3) is 6.49. The first-order valence-corrected chi connectivity index (χ1v) is 7.37. The standard InChI is InChI=1S/C16H25NO4/c1-4-15(16(18)17-11-6-12-20-5-2)21-14-9-7-13(19-3)8-10-14/h7-10,15H,4-6,11-12H2,1-3H3,(H,17,18). The molecule has 0 bridgehead atoms. The van der Waals surface area contributed by atoms with Crippen LogP contribution in [0.5, 0.6) is 11.5 Å². The van der Waals surface area contributed by atoms with Crippen LogP contribution in [0.4, 0.5) is 0 Å². The van der Waals surface area contributed by atoms with E-state index in [2.05, 4.69) is 5.32 Å². The number of carbonyl (C=O) groups is 1. The Kier molecular flexibility index (Phi) is 8.28. The number of rotatable bonds is 10. The van der Waals surface area contributed by atoms with Crippen LogP contribution in [0.3, 0.4) is 0 Å². The van der Waals surface area contributed by atoms with Crippen LogP contribution in [0.25, 0.3) is 0 Å². The van der Waals surface area contributed by atoms with Crippen molar-refractivity contribution in [3.63, 3.8) is 0 Å². The molecule has 5 nitrogen and oxygen atoms in total. The Balaban J connectivity index is 2.39. The molecule has 1 aromatic carbocycles. The van der Waals surface area contributed by atoms with Gasteiger partial charge < -0.3 is 19.5 Å². The molecule has 0 aliphatic carbocycles. The summed E-state index contributed by atoms with van der Waals surface area (Å²) in [4.78, 5) is 12.0. The number of carbonyl (C=O) groups excluding carboxylic acids is 1. The van der Waals surface area contributed by atoms with Gasteiger partial charge in [-0.3, -0.25) is 4.79 Å². The number of nitrogens with one attached hydrogen (secondary N) is 1. The van der Waals surface area contributed by atoms with Gasteiger partial charge >= 0.3 is 0 Å². The smallest absolute Gasteiger partial charge is 0.261 e. The van der Waals surface area contributed by atoms with Crippen molar-refractivity contribution < 1.29 is 19.0 Å². The Labute approximate surface area is 126 Å². The lowest BCUT2D eigenvalue weighted by molar-refractivity contribution is -0.128. The van der Waals surface area contributed by atoms with Gasteiger partial charge in [0, 0.05) is 19.8 Å². The van der Waals surface area contributed by atoms with E-state index in [4.69, 9.17) is 14.2 Å². The molecule has 118 valence electrons. The van der Waals surface area contributed by atoms with Crippen LogP contribution in [0.2, 0.25) is 0 Å². The molecule has 0 saturated heterocycles. The van der Waals surface area contributed by atoms with E-state index in [0.29, 0.717) is 31.9 Å². The average Bonchev–Trinajstić information content (AvgIpc) is 2.52. The van der Waals surface area contributed by atoms with E-state index in [0.717, 1.165) is 12.2 Å². The molecule has 1 atom stereocenters. The molecular formula is C16H25NO4. The van der Waals surface area contributed by atoms with E-state index in [9.17, 15) is 4.79 Å². The molecule has 0 spiro atoms. The maximum atomic E-state index is 12.0. The molecule has 0 fully saturated rings. The molecule has 0 saturated carbocycles. The van der Waals surface area contributed by atoms with Crippen LogP contribution >= 0.6 is 0 Å². The maximum Gasteiger partial charge on any atom is 0.261 e. The van der Waals surface area contributed by atoms with Crippen LogP contribution in [-0.2, 0) is 9.53 Å². The SMILES string of the molecule is CCOCCCNC(=O)C(CC)Oc1ccc(OC)cc1. The van der Waals surface area contributed by atoms with Gasteiger partial charge in [0.1, 0.15) is 11.5 Å². The topological polar surface area (TPSA) is 56.8 Å². The number of ether oxygens (including phenoxy) is 3. The van der Waals surface area contributed by atoms with Crippen molar-refractivity contribution in [1.29, 1.82) is 0 Å². The van der Waals surface area contributed by atoms with Crippen molar-refractivity contribution >= 4 is 5.91 Å². The quantitative estimate of drug-likeness (QED) is 0.673. The molecule has 0 radical (unpaired) electrons. The highest BCUT2D eigenvalue weighted by Gasteiger charge is 2.17. The Morgan fingerprint density at radius 2 is 1.86 bits per heavy atom. The second kappa shape index (κ2) is 10.0. The molecule has 1 amide bonds. The van der Waals surface area contributed by atoms with E-state index in [1.165, 1.54) is 0 Å². The van der Waals surface area contributed by atoms with Crippen molar-refractivity contribution in [2.24, 2.45) is 0 Å². The summed E-state index contributed by atoms with van der Waals surface area (Å²) in [7, 11) is 1.61. The molecule has 1 unspecified atom stereocenters.